The molecular formula is C11H17N5O2S. The minimum Gasteiger partial charge on any atom is -0.292 e. The zero-order valence-corrected chi connectivity index (χ0v) is 11.3. The van der Waals surface area contributed by atoms with E-state index in [1.54, 1.807) is 0 Å². The average molecular weight is 283 g/mol. The molecule has 1 aromatic heterocycles. The molecule has 2 fully saturated rings. The molecule has 0 aromatic carbocycles. The van der Waals surface area contributed by atoms with E-state index in [1.165, 1.54) is 25.2 Å². The van der Waals surface area contributed by atoms with E-state index in [0.717, 1.165) is 18.8 Å². The summed E-state index contributed by atoms with van der Waals surface area (Å²) in [6.07, 6.45) is 7.24. The Balaban J connectivity index is 1.67. The molecule has 0 atom stereocenters. The van der Waals surface area contributed by atoms with E-state index in [2.05, 4.69) is 20.1 Å². The number of nitrogens with zero attached hydrogens (tertiary/aromatic N) is 2. The number of anilines is 1. The molecule has 0 amide bonds. The van der Waals surface area contributed by atoms with Crippen molar-refractivity contribution >= 4 is 16.0 Å². The molecule has 3 rings (SSSR count). The Bertz CT molecular complexity index is 563. The van der Waals surface area contributed by atoms with Gasteiger partial charge in [0.1, 0.15) is 4.90 Å². The lowest BCUT2D eigenvalue weighted by atomic mass is 10.0. The van der Waals surface area contributed by atoms with Crippen LogP contribution in [0.5, 0.6) is 0 Å². The molecule has 0 saturated heterocycles. The summed E-state index contributed by atoms with van der Waals surface area (Å²) >= 11 is 0. The van der Waals surface area contributed by atoms with Crippen LogP contribution in [-0.4, -0.2) is 24.9 Å². The van der Waals surface area contributed by atoms with E-state index in [0.29, 0.717) is 6.54 Å². The summed E-state index contributed by atoms with van der Waals surface area (Å²) in [7, 11) is -3.53. The maximum atomic E-state index is 12.1. The number of sulfonamides is 1. The molecule has 0 unspecified atom stereocenters. The van der Waals surface area contributed by atoms with Gasteiger partial charge in [-0.05, 0) is 37.0 Å². The highest BCUT2D eigenvalue weighted by molar-refractivity contribution is 7.89. The van der Waals surface area contributed by atoms with Crippen molar-refractivity contribution in [3.63, 3.8) is 0 Å². The molecule has 1 aromatic rings. The summed E-state index contributed by atoms with van der Waals surface area (Å²) in [4.78, 5) is 7.68. The van der Waals surface area contributed by atoms with E-state index in [-0.39, 0.29) is 16.3 Å². The molecule has 1 heterocycles. The third kappa shape index (κ3) is 2.56. The summed E-state index contributed by atoms with van der Waals surface area (Å²) in [6, 6.07) is 0. The third-order valence-corrected chi connectivity index (χ3v) is 5.37. The van der Waals surface area contributed by atoms with Crippen LogP contribution in [0.25, 0.3) is 0 Å². The van der Waals surface area contributed by atoms with Gasteiger partial charge in [-0.1, -0.05) is 0 Å². The normalized spacial score (nSPS) is 21.1. The van der Waals surface area contributed by atoms with Crippen LogP contribution in [0, 0.1) is 11.3 Å². The second-order valence-corrected chi connectivity index (χ2v) is 7.11. The van der Waals surface area contributed by atoms with Crippen LogP contribution in [0.1, 0.15) is 25.7 Å². The van der Waals surface area contributed by atoms with Gasteiger partial charge >= 0.3 is 0 Å². The largest absolute Gasteiger partial charge is 0.292 e. The third-order valence-electron chi connectivity index (χ3n) is 4.02. The number of nitrogen functional groups attached to an aromatic ring is 1. The van der Waals surface area contributed by atoms with Gasteiger partial charge in [0, 0.05) is 6.54 Å². The standard InChI is InChI=1S/C11H17N5O2S/c12-16-10-13-5-9(6-14-10)19(17,18)15-7-11(3-4-11)8-1-2-8/h5-6,8,15H,1-4,7,12H2,(H,13,14,16). The van der Waals surface area contributed by atoms with Crippen molar-refractivity contribution < 1.29 is 8.42 Å². The SMILES string of the molecule is NNc1ncc(S(=O)(=O)NCC2(C3CC3)CC2)cn1. The van der Waals surface area contributed by atoms with E-state index >= 15 is 0 Å². The zero-order valence-electron chi connectivity index (χ0n) is 10.5. The van der Waals surface area contributed by atoms with E-state index < -0.39 is 10.0 Å². The van der Waals surface area contributed by atoms with Crippen LogP contribution in [0.2, 0.25) is 0 Å². The van der Waals surface area contributed by atoms with E-state index in [1.807, 2.05) is 0 Å². The summed E-state index contributed by atoms with van der Waals surface area (Å²) in [5.74, 6) is 6.04. The minimum atomic E-state index is -3.53. The van der Waals surface area contributed by atoms with Gasteiger partial charge < -0.3 is 0 Å². The Morgan fingerprint density at radius 2 is 1.95 bits per heavy atom. The fraction of sp³-hybridized carbons (Fsp3) is 0.636. The van der Waals surface area contributed by atoms with Crippen molar-refractivity contribution in [2.45, 2.75) is 30.6 Å². The molecule has 0 bridgehead atoms. The topological polar surface area (TPSA) is 110 Å². The van der Waals surface area contributed by atoms with Gasteiger partial charge in [0.2, 0.25) is 16.0 Å². The van der Waals surface area contributed by atoms with Crippen LogP contribution in [0.15, 0.2) is 17.3 Å². The Labute approximate surface area is 112 Å². The fourth-order valence-electron chi connectivity index (χ4n) is 2.44. The number of hydrogen-bond donors (Lipinski definition) is 3. The van der Waals surface area contributed by atoms with Gasteiger partial charge in [-0.15, -0.1) is 0 Å². The molecular weight excluding hydrogens is 266 g/mol. The Hall–Kier alpha value is -1.25. The molecule has 0 radical (unpaired) electrons. The summed E-state index contributed by atoms with van der Waals surface area (Å²) < 4.78 is 26.9. The maximum absolute atomic E-state index is 12.1. The summed E-state index contributed by atoms with van der Waals surface area (Å²) in [5.41, 5.74) is 2.49. The minimum absolute atomic E-state index is 0.0677. The Morgan fingerprint density at radius 3 is 2.42 bits per heavy atom. The van der Waals surface area contributed by atoms with Crippen molar-refractivity contribution in [1.82, 2.24) is 14.7 Å². The molecule has 19 heavy (non-hydrogen) atoms. The zero-order chi connectivity index (χ0) is 13.5. The molecule has 0 spiro atoms. The van der Waals surface area contributed by atoms with Crippen molar-refractivity contribution in [3.8, 4) is 0 Å². The van der Waals surface area contributed by atoms with Crippen LogP contribution in [0.3, 0.4) is 0 Å². The monoisotopic (exact) mass is 283 g/mol. The molecule has 7 nitrogen and oxygen atoms in total. The first-order valence-corrected chi connectivity index (χ1v) is 7.82. The smallest absolute Gasteiger partial charge is 0.243 e. The number of hydrazine groups is 1. The van der Waals surface area contributed by atoms with Crippen LogP contribution < -0.4 is 16.0 Å². The second kappa shape index (κ2) is 4.39. The molecule has 8 heteroatoms. The van der Waals surface area contributed by atoms with Crippen molar-refractivity contribution in [1.29, 1.82) is 0 Å². The van der Waals surface area contributed by atoms with Crippen LogP contribution >= 0.6 is 0 Å². The molecule has 104 valence electrons. The summed E-state index contributed by atoms with van der Waals surface area (Å²) in [5, 5.41) is 0. The highest BCUT2D eigenvalue weighted by Crippen LogP contribution is 2.60. The molecule has 2 saturated carbocycles. The van der Waals surface area contributed by atoms with Crippen LogP contribution in [-0.2, 0) is 10.0 Å². The van der Waals surface area contributed by atoms with E-state index in [4.69, 9.17) is 5.84 Å². The van der Waals surface area contributed by atoms with Gasteiger partial charge in [-0.3, -0.25) is 5.43 Å². The molecule has 2 aliphatic rings. The van der Waals surface area contributed by atoms with Gasteiger partial charge in [0.25, 0.3) is 0 Å². The number of rotatable bonds is 6. The van der Waals surface area contributed by atoms with Crippen molar-refractivity contribution in [3.05, 3.63) is 12.4 Å². The van der Waals surface area contributed by atoms with Gasteiger partial charge in [0.15, 0.2) is 0 Å². The van der Waals surface area contributed by atoms with Crippen molar-refractivity contribution in [2.24, 2.45) is 17.2 Å². The first-order chi connectivity index (χ1) is 9.06. The lowest BCUT2D eigenvalue weighted by Gasteiger charge is -2.15. The summed E-state index contributed by atoms with van der Waals surface area (Å²) in [6.45, 7) is 0.525. The quantitative estimate of drug-likeness (QED) is 0.509. The number of nitrogens with one attached hydrogen (secondary N) is 2. The Morgan fingerprint density at radius 1 is 1.32 bits per heavy atom. The lowest BCUT2D eigenvalue weighted by Crippen LogP contribution is -2.31. The second-order valence-electron chi connectivity index (χ2n) is 5.35. The molecule has 0 aliphatic heterocycles. The fourth-order valence-corrected chi connectivity index (χ4v) is 3.46. The van der Waals surface area contributed by atoms with Gasteiger partial charge in [-0.2, -0.15) is 0 Å². The highest BCUT2D eigenvalue weighted by Gasteiger charge is 2.53. The van der Waals surface area contributed by atoms with Crippen LogP contribution in [0.4, 0.5) is 5.95 Å². The predicted molar refractivity (Wildman–Crippen MR) is 69.4 cm³/mol. The first-order valence-electron chi connectivity index (χ1n) is 6.34. The number of nitrogens with two attached hydrogens (primary N) is 1. The Kier molecular flexibility index (Phi) is 2.95. The maximum Gasteiger partial charge on any atom is 0.243 e. The number of hydrogen-bond acceptors (Lipinski definition) is 6. The lowest BCUT2D eigenvalue weighted by molar-refractivity contribution is 0.432. The number of aromatic nitrogens is 2. The van der Waals surface area contributed by atoms with Gasteiger partial charge in [-0.25, -0.2) is 29.0 Å². The predicted octanol–water partition coefficient (Wildman–Crippen LogP) is 0.231. The molecule has 4 N–H and O–H groups in total. The first kappa shape index (κ1) is 12.8. The highest BCUT2D eigenvalue weighted by atomic mass is 32.2. The van der Waals surface area contributed by atoms with Gasteiger partial charge in [0.05, 0.1) is 12.4 Å². The van der Waals surface area contributed by atoms with E-state index in [9.17, 15) is 8.42 Å². The molecule has 2 aliphatic carbocycles. The van der Waals surface area contributed by atoms with Crippen molar-refractivity contribution in [2.75, 3.05) is 12.0 Å². The average Bonchev–Trinajstić information content (AvgIpc) is 3.29.